The van der Waals surface area contributed by atoms with Crippen molar-refractivity contribution < 1.29 is 13.2 Å². The molecule has 2 aromatic rings. The highest BCUT2D eigenvalue weighted by atomic mass is 35.5. The second-order valence-electron chi connectivity index (χ2n) is 4.35. The third kappa shape index (κ3) is 5.30. The Morgan fingerprint density at radius 1 is 1.22 bits per heavy atom. The summed E-state index contributed by atoms with van der Waals surface area (Å²) < 4.78 is 37.0. The molecule has 23 heavy (non-hydrogen) atoms. The number of thioether (sulfide) groups is 1. The second kappa shape index (κ2) is 7.42. The summed E-state index contributed by atoms with van der Waals surface area (Å²) in [5, 5.41) is 0.310. The zero-order chi connectivity index (χ0) is 17.0. The van der Waals surface area contributed by atoms with Gasteiger partial charge in [0, 0.05) is 11.1 Å². The van der Waals surface area contributed by atoms with Crippen LogP contribution in [0.15, 0.2) is 46.4 Å². The van der Waals surface area contributed by atoms with Gasteiger partial charge in [0.15, 0.2) is 0 Å². The van der Waals surface area contributed by atoms with Crippen LogP contribution in [-0.2, 0) is 0 Å². The molecule has 9 heteroatoms. The number of halogens is 5. The molecule has 0 spiro atoms. The van der Waals surface area contributed by atoms with Gasteiger partial charge in [0.1, 0.15) is 11.5 Å². The van der Waals surface area contributed by atoms with Crippen LogP contribution in [0.1, 0.15) is 5.69 Å². The van der Waals surface area contributed by atoms with Crippen molar-refractivity contribution in [1.29, 1.82) is 0 Å². The minimum atomic E-state index is -4.30. The molecule has 2 N–H and O–H groups in total. The number of aromatic nitrogens is 1. The summed E-state index contributed by atoms with van der Waals surface area (Å²) in [6.07, 6.45) is -2.75. The minimum absolute atomic E-state index is 0.0987. The van der Waals surface area contributed by atoms with Gasteiger partial charge in [0.05, 0.1) is 21.5 Å². The molecule has 3 nitrogen and oxygen atoms in total. The van der Waals surface area contributed by atoms with Crippen LogP contribution < -0.4 is 5.73 Å². The van der Waals surface area contributed by atoms with Crippen molar-refractivity contribution in [3.8, 4) is 0 Å². The molecule has 0 saturated heterocycles. The summed E-state index contributed by atoms with van der Waals surface area (Å²) in [6, 6.07) is 7.82. The van der Waals surface area contributed by atoms with Crippen molar-refractivity contribution >= 4 is 46.5 Å². The highest BCUT2D eigenvalue weighted by Gasteiger charge is 2.27. The first-order valence-electron chi connectivity index (χ1n) is 6.20. The van der Waals surface area contributed by atoms with Crippen LogP contribution in [0, 0.1) is 0 Å². The molecule has 0 fully saturated rings. The topological polar surface area (TPSA) is 51.3 Å². The number of amidine groups is 1. The Morgan fingerprint density at radius 2 is 1.96 bits per heavy atom. The van der Waals surface area contributed by atoms with E-state index in [4.69, 9.17) is 28.9 Å². The van der Waals surface area contributed by atoms with Gasteiger partial charge in [0.2, 0.25) is 0 Å². The van der Waals surface area contributed by atoms with Gasteiger partial charge in [-0.2, -0.15) is 13.2 Å². The summed E-state index contributed by atoms with van der Waals surface area (Å²) >= 11 is 12.5. The van der Waals surface area contributed by atoms with E-state index in [9.17, 15) is 13.2 Å². The first-order chi connectivity index (χ1) is 10.8. The maximum absolute atomic E-state index is 12.3. The Balaban J connectivity index is 2.32. The predicted octanol–water partition coefficient (Wildman–Crippen LogP) is 5.08. The van der Waals surface area contributed by atoms with Crippen LogP contribution >= 0.6 is 35.0 Å². The van der Waals surface area contributed by atoms with E-state index in [1.807, 2.05) is 0 Å². The Labute approximate surface area is 144 Å². The molecule has 1 aromatic heterocycles. The van der Waals surface area contributed by atoms with Gasteiger partial charge in [-0.1, -0.05) is 29.3 Å². The quantitative estimate of drug-likeness (QED) is 0.457. The Kier molecular flexibility index (Phi) is 5.78. The average molecular weight is 380 g/mol. The number of nitrogens with zero attached hydrogens (tertiary/aromatic N) is 2. The fourth-order valence-corrected chi connectivity index (χ4v) is 2.88. The van der Waals surface area contributed by atoms with E-state index < -0.39 is 11.9 Å². The van der Waals surface area contributed by atoms with Gasteiger partial charge in [-0.05, 0) is 24.3 Å². The zero-order valence-corrected chi connectivity index (χ0v) is 13.8. The number of nitrogens with two attached hydrogens (primary N) is 1. The van der Waals surface area contributed by atoms with Crippen molar-refractivity contribution in [3.05, 3.63) is 52.3 Å². The first kappa shape index (κ1) is 17.9. The molecule has 1 aromatic carbocycles. The molecule has 0 unspecified atom stereocenters. The standard InChI is InChI=1S/C14H10Cl2F3N3S/c15-8-5-9(16)12(23-7-14(17,18)19)6-11(8)22-13(20)10-3-1-2-4-21-10/h1-6H,7H2,(H2,20,22). The third-order valence-corrected chi connectivity index (χ3v) is 4.41. The van der Waals surface area contributed by atoms with Gasteiger partial charge in [0.25, 0.3) is 0 Å². The van der Waals surface area contributed by atoms with E-state index in [-0.39, 0.29) is 26.5 Å². The number of benzene rings is 1. The average Bonchev–Trinajstić information content (AvgIpc) is 2.48. The number of alkyl halides is 3. The van der Waals surface area contributed by atoms with Gasteiger partial charge in [-0.25, -0.2) is 4.99 Å². The molecular weight excluding hydrogens is 370 g/mol. The van der Waals surface area contributed by atoms with E-state index in [2.05, 4.69) is 9.98 Å². The van der Waals surface area contributed by atoms with E-state index in [1.165, 1.54) is 12.1 Å². The molecule has 0 aliphatic heterocycles. The SMILES string of the molecule is N/C(=N\c1cc(SCC(F)(F)F)c(Cl)cc1Cl)c1ccccn1. The number of aliphatic imine (C=N–C) groups is 1. The fourth-order valence-electron chi connectivity index (χ4n) is 1.58. The molecule has 0 aliphatic carbocycles. The van der Waals surface area contributed by atoms with Crippen molar-refractivity contribution in [2.24, 2.45) is 10.7 Å². The molecule has 0 amide bonds. The largest absolute Gasteiger partial charge is 0.398 e. The van der Waals surface area contributed by atoms with E-state index >= 15 is 0 Å². The van der Waals surface area contributed by atoms with Crippen LogP contribution in [0.5, 0.6) is 0 Å². The highest BCUT2D eigenvalue weighted by molar-refractivity contribution is 7.99. The molecule has 2 rings (SSSR count). The number of hydrogen-bond donors (Lipinski definition) is 1. The van der Waals surface area contributed by atoms with E-state index in [0.717, 1.165) is 0 Å². The lowest BCUT2D eigenvalue weighted by atomic mass is 10.3. The van der Waals surface area contributed by atoms with Crippen molar-refractivity contribution in [2.45, 2.75) is 11.1 Å². The van der Waals surface area contributed by atoms with Crippen LogP contribution in [0.2, 0.25) is 10.0 Å². The third-order valence-electron chi connectivity index (χ3n) is 2.56. The molecular formula is C14H10Cl2F3N3S. The smallest absolute Gasteiger partial charge is 0.382 e. The Hall–Kier alpha value is -1.44. The van der Waals surface area contributed by atoms with Gasteiger partial charge in [-0.15, -0.1) is 11.8 Å². The molecule has 0 atom stereocenters. The maximum atomic E-state index is 12.3. The van der Waals surface area contributed by atoms with Gasteiger partial charge in [-0.3, -0.25) is 4.98 Å². The summed E-state index contributed by atoms with van der Waals surface area (Å²) in [5.74, 6) is -0.964. The highest BCUT2D eigenvalue weighted by Crippen LogP contribution is 2.38. The zero-order valence-electron chi connectivity index (χ0n) is 11.4. The van der Waals surface area contributed by atoms with Gasteiger partial charge < -0.3 is 5.73 Å². The predicted molar refractivity (Wildman–Crippen MR) is 87.9 cm³/mol. The molecule has 1 heterocycles. The van der Waals surface area contributed by atoms with Crippen molar-refractivity contribution in [2.75, 3.05) is 5.75 Å². The number of rotatable bonds is 4. The van der Waals surface area contributed by atoms with Crippen molar-refractivity contribution in [3.63, 3.8) is 0 Å². The lowest BCUT2D eigenvalue weighted by Gasteiger charge is -2.09. The molecule has 0 aliphatic rings. The summed E-state index contributed by atoms with van der Waals surface area (Å²) in [6.45, 7) is 0. The van der Waals surface area contributed by atoms with Crippen LogP contribution in [0.25, 0.3) is 0 Å². The van der Waals surface area contributed by atoms with Crippen molar-refractivity contribution in [1.82, 2.24) is 4.98 Å². The maximum Gasteiger partial charge on any atom is 0.398 e. The van der Waals surface area contributed by atoms with E-state index in [0.29, 0.717) is 17.5 Å². The molecule has 122 valence electrons. The Morgan fingerprint density at radius 3 is 2.57 bits per heavy atom. The monoisotopic (exact) mass is 379 g/mol. The van der Waals surface area contributed by atoms with Gasteiger partial charge >= 0.3 is 6.18 Å². The number of hydrogen-bond acceptors (Lipinski definition) is 3. The molecule has 0 bridgehead atoms. The van der Waals surface area contributed by atoms with Crippen LogP contribution in [0.3, 0.4) is 0 Å². The summed E-state index contributed by atoms with van der Waals surface area (Å²) in [7, 11) is 0. The minimum Gasteiger partial charge on any atom is -0.382 e. The second-order valence-corrected chi connectivity index (χ2v) is 6.18. The molecule has 0 radical (unpaired) electrons. The normalized spacial score (nSPS) is 12.5. The van der Waals surface area contributed by atoms with Crippen LogP contribution in [0.4, 0.5) is 18.9 Å². The summed E-state index contributed by atoms with van der Waals surface area (Å²) in [4.78, 5) is 8.38. The Bertz CT molecular complexity index is 721. The number of pyridine rings is 1. The van der Waals surface area contributed by atoms with Crippen LogP contribution in [-0.4, -0.2) is 22.7 Å². The van der Waals surface area contributed by atoms with E-state index in [1.54, 1.807) is 24.4 Å². The first-order valence-corrected chi connectivity index (χ1v) is 7.94. The summed E-state index contributed by atoms with van der Waals surface area (Å²) in [5.41, 5.74) is 6.50. The fraction of sp³-hybridized carbons (Fsp3) is 0.143. The lowest BCUT2D eigenvalue weighted by Crippen LogP contribution is -2.14. The molecule has 0 saturated carbocycles. The lowest BCUT2D eigenvalue weighted by molar-refractivity contribution is -0.105.